The van der Waals surface area contributed by atoms with Gasteiger partial charge in [-0.1, -0.05) is 12.1 Å². The molecule has 0 bridgehead atoms. The number of amides is 2. The summed E-state index contributed by atoms with van der Waals surface area (Å²) in [6, 6.07) is 19.5. The molecule has 0 unspecified atom stereocenters. The summed E-state index contributed by atoms with van der Waals surface area (Å²) in [6.45, 7) is 1.98. The minimum Gasteiger partial charge on any atom is -0.406 e. The van der Waals surface area contributed by atoms with Gasteiger partial charge in [-0.3, -0.25) is 9.88 Å². The molecule has 5 rings (SSSR count). The summed E-state index contributed by atoms with van der Waals surface area (Å²) in [4.78, 5) is 21.1. The SMILES string of the molecule is Cc1cccc(-n2ccnc2NC(=O)Nc2ccc(-c3ncn(-c4ccc(OC(F)(F)F)cc4)n3)cc2)c1. The minimum absolute atomic E-state index is 0.326. The van der Waals surface area contributed by atoms with Gasteiger partial charge in [0.05, 0.1) is 5.69 Å². The van der Waals surface area contributed by atoms with Gasteiger partial charge in [0.2, 0.25) is 5.95 Å². The maximum atomic E-state index is 12.6. The van der Waals surface area contributed by atoms with E-state index in [-0.39, 0.29) is 5.75 Å². The van der Waals surface area contributed by atoms with Crippen molar-refractivity contribution in [2.24, 2.45) is 0 Å². The second-order valence-electron chi connectivity index (χ2n) is 8.17. The van der Waals surface area contributed by atoms with E-state index in [0.29, 0.717) is 28.7 Å². The molecule has 0 aliphatic carbocycles. The number of anilines is 2. The van der Waals surface area contributed by atoms with Crippen molar-refractivity contribution < 1.29 is 22.7 Å². The van der Waals surface area contributed by atoms with Crippen LogP contribution in [0.3, 0.4) is 0 Å². The maximum Gasteiger partial charge on any atom is 0.573 e. The Hall–Kier alpha value is -5.13. The molecule has 2 amide bonds. The Balaban J connectivity index is 1.22. The maximum absolute atomic E-state index is 12.6. The number of halogens is 3. The molecule has 0 aliphatic heterocycles. The van der Waals surface area contributed by atoms with Crippen LogP contribution in [0.4, 0.5) is 29.6 Å². The third kappa shape index (κ3) is 5.81. The van der Waals surface area contributed by atoms with E-state index >= 15 is 0 Å². The molecule has 0 aliphatic rings. The summed E-state index contributed by atoms with van der Waals surface area (Å²) in [6.07, 6.45) is 0.0532. The molecule has 0 radical (unpaired) electrons. The number of nitrogens with one attached hydrogen (secondary N) is 2. The Bertz CT molecular complexity index is 1560. The number of urea groups is 1. The smallest absolute Gasteiger partial charge is 0.406 e. The van der Waals surface area contributed by atoms with Gasteiger partial charge in [-0.15, -0.1) is 18.3 Å². The van der Waals surface area contributed by atoms with E-state index in [0.717, 1.165) is 11.3 Å². The van der Waals surface area contributed by atoms with Crippen molar-refractivity contribution in [3.63, 3.8) is 0 Å². The highest BCUT2D eigenvalue weighted by Gasteiger charge is 2.31. The Morgan fingerprint density at radius 1 is 0.921 bits per heavy atom. The highest BCUT2D eigenvalue weighted by atomic mass is 19.4. The molecule has 2 N–H and O–H groups in total. The zero-order valence-corrected chi connectivity index (χ0v) is 19.8. The van der Waals surface area contributed by atoms with Crippen LogP contribution < -0.4 is 15.4 Å². The fraction of sp³-hybridized carbons (Fsp3) is 0.0769. The average molecular weight is 519 g/mol. The van der Waals surface area contributed by atoms with Crippen molar-refractivity contribution in [1.29, 1.82) is 0 Å². The molecule has 2 heterocycles. The molecule has 0 saturated carbocycles. The monoisotopic (exact) mass is 519 g/mol. The van der Waals surface area contributed by atoms with Crippen molar-refractivity contribution in [2.45, 2.75) is 13.3 Å². The van der Waals surface area contributed by atoms with Crippen LogP contribution in [0.25, 0.3) is 22.8 Å². The van der Waals surface area contributed by atoms with E-state index in [1.54, 1.807) is 41.2 Å². The molecule has 9 nitrogen and oxygen atoms in total. The first kappa shape index (κ1) is 24.6. The minimum atomic E-state index is -4.76. The number of aryl methyl sites for hydroxylation is 1. The molecule has 0 fully saturated rings. The highest BCUT2D eigenvalue weighted by molar-refractivity contribution is 5.99. The number of alkyl halides is 3. The molecule has 5 aromatic rings. The van der Waals surface area contributed by atoms with Crippen LogP contribution in [0.2, 0.25) is 0 Å². The number of hydrogen-bond donors (Lipinski definition) is 2. The summed E-state index contributed by atoms with van der Waals surface area (Å²) in [5.74, 6) is 0.446. The standard InChI is InChI=1S/C26H20F3N7O2/c1-17-3-2-4-21(15-17)35-14-13-30-24(35)33-25(37)32-19-7-5-18(6-8-19)23-31-16-36(34-23)20-9-11-22(12-10-20)38-26(27,28)29/h2-16H,1H3,(H2,30,32,33,37). The molecule has 2 aromatic heterocycles. The number of hydrogen-bond acceptors (Lipinski definition) is 5. The first-order chi connectivity index (χ1) is 18.2. The van der Waals surface area contributed by atoms with Crippen LogP contribution in [0.1, 0.15) is 5.56 Å². The van der Waals surface area contributed by atoms with Crippen LogP contribution >= 0.6 is 0 Å². The number of nitrogens with zero attached hydrogens (tertiary/aromatic N) is 5. The first-order valence-electron chi connectivity index (χ1n) is 11.3. The Morgan fingerprint density at radius 3 is 2.39 bits per heavy atom. The van der Waals surface area contributed by atoms with Crippen molar-refractivity contribution in [2.75, 3.05) is 10.6 Å². The summed E-state index contributed by atoms with van der Waals surface area (Å²) < 4.78 is 44.1. The molecule has 0 spiro atoms. The van der Waals surface area contributed by atoms with E-state index in [1.807, 2.05) is 31.2 Å². The van der Waals surface area contributed by atoms with E-state index in [2.05, 4.69) is 30.4 Å². The predicted octanol–water partition coefficient (Wildman–Crippen LogP) is 5.97. The van der Waals surface area contributed by atoms with Gasteiger partial charge in [-0.2, -0.15) is 0 Å². The van der Waals surface area contributed by atoms with Crippen LogP contribution in [0.15, 0.2) is 91.5 Å². The van der Waals surface area contributed by atoms with Crippen LogP contribution in [0.5, 0.6) is 5.75 Å². The van der Waals surface area contributed by atoms with Crippen LogP contribution in [-0.4, -0.2) is 36.7 Å². The lowest BCUT2D eigenvalue weighted by molar-refractivity contribution is -0.274. The second kappa shape index (κ2) is 10.1. The third-order valence-corrected chi connectivity index (χ3v) is 5.37. The molecule has 192 valence electrons. The van der Waals surface area contributed by atoms with Crippen molar-refractivity contribution in [3.05, 3.63) is 97.1 Å². The molecule has 3 aromatic carbocycles. The van der Waals surface area contributed by atoms with Gasteiger partial charge in [0.25, 0.3) is 0 Å². The molecular weight excluding hydrogens is 499 g/mol. The largest absolute Gasteiger partial charge is 0.573 e. The fourth-order valence-corrected chi connectivity index (χ4v) is 3.67. The zero-order valence-electron chi connectivity index (χ0n) is 19.8. The van der Waals surface area contributed by atoms with Gasteiger partial charge in [-0.05, 0) is 73.2 Å². The van der Waals surface area contributed by atoms with Crippen molar-refractivity contribution in [1.82, 2.24) is 24.3 Å². The number of ether oxygens (including phenoxy) is 1. The Morgan fingerprint density at radius 2 is 1.68 bits per heavy atom. The van der Waals surface area contributed by atoms with E-state index in [9.17, 15) is 18.0 Å². The van der Waals surface area contributed by atoms with Gasteiger partial charge in [0.15, 0.2) is 5.82 Å². The Labute approximate surface area is 214 Å². The van der Waals surface area contributed by atoms with E-state index < -0.39 is 12.4 Å². The molecule has 0 atom stereocenters. The Kier molecular flexibility index (Phi) is 6.52. The lowest BCUT2D eigenvalue weighted by Gasteiger charge is -2.11. The molecule has 38 heavy (non-hydrogen) atoms. The zero-order chi connectivity index (χ0) is 26.7. The molecule has 12 heteroatoms. The van der Waals surface area contributed by atoms with E-state index in [1.165, 1.54) is 35.3 Å². The number of carbonyl (C=O) groups is 1. The highest BCUT2D eigenvalue weighted by Crippen LogP contribution is 2.24. The first-order valence-corrected chi connectivity index (χ1v) is 11.3. The number of aromatic nitrogens is 5. The quantitative estimate of drug-likeness (QED) is 0.288. The number of benzene rings is 3. The summed E-state index contributed by atoms with van der Waals surface area (Å²) in [5, 5.41) is 9.88. The van der Waals surface area contributed by atoms with Crippen molar-refractivity contribution in [3.8, 4) is 28.5 Å². The molecular formula is C26H20F3N7O2. The summed E-state index contributed by atoms with van der Waals surface area (Å²) >= 11 is 0. The van der Waals surface area contributed by atoms with Crippen LogP contribution in [-0.2, 0) is 0 Å². The number of carbonyl (C=O) groups excluding carboxylic acids is 1. The van der Waals surface area contributed by atoms with Crippen molar-refractivity contribution >= 4 is 17.7 Å². The lowest BCUT2D eigenvalue weighted by atomic mass is 10.2. The molecule has 0 saturated heterocycles. The van der Waals surface area contributed by atoms with Gasteiger partial charge in [0, 0.05) is 29.3 Å². The number of rotatable bonds is 6. The third-order valence-electron chi connectivity index (χ3n) is 5.37. The van der Waals surface area contributed by atoms with Gasteiger partial charge in [-0.25, -0.2) is 19.4 Å². The van der Waals surface area contributed by atoms with Crippen LogP contribution in [0, 0.1) is 6.92 Å². The fourth-order valence-electron chi connectivity index (χ4n) is 3.67. The second-order valence-corrected chi connectivity index (χ2v) is 8.17. The van der Waals surface area contributed by atoms with Gasteiger partial charge >= 0.3 is 12.4 Å². The predicted molar refractivity (Wildman–Crippen MR) is 134 cm³/mol. The van der Waals surface area contributed by atoms with E-state index in [4.69, 9.17) is 0 Å². The average Bonchev–Trinajstić information content (AvgIpc) is 3.54. The lowest BCUT2D eigenvalue weighted by Crippen LogP contribution is -2.21. The van der Waals surface area contributed by atoms with Gasteiger partial charge < -0.3 is 10.1 Å². The summed E-state index contributed by atoms with van der Waals surface area (Å²) in [7, 11) is 0. The topological polar surface area (TPSA) is 98.9 Å². The summed E-state index contributed by atoms with van der Waals surface area (Å²) in [5.41, 5.74) is 3.69. The normalized spacial score (nSPS) is 11.3. The number of imidazole rings is 1. The van der Waals surface area contributed by atoms with Gasteiger partial charge in [0.1, 0.15) is 12.1 Å².